The first-order chi connectivity index (χ1) is 10.0. The maximum atomic E-state index is 12.9. The van der Waals surface area contributed by atoms with Gasteiger partial charge in [-0.2, -0.15) is 0 Å². The van der Waals surface area contributed by atoms with Gasteiger partial charge in [-0.15, -0.1) is 0 Å². The van der Waals surface area contributed by atoms with Crippen molar-refractivity contribution < 1.29 is 9.18 Å². The quantitative estimate of drug-likeness (QED) is 0.664. The lowest BCUT2D eigenvalue weighted by atomic mass is 10.0. The molecule has 3 rings (SSSR count). The normalized spacial score (nSPS) is 11.0. The Bertz CT molecular complexity index is 815. The molecule has 2 nitrogen and oxygen atoms in total. The number of rotatable bonds is 3. The molecular weight excluding hydrogens is 265 g/mol. The van der Waals surface area contributed by atoms with Crippen LogP contribution in [0.5, 0.6) is 0 Å². The Morgan fingerprint density at radius 2 is 1.86 bits per heavy atom. The first kappa shape index (κ1) is 13.6. The van der Waals surface area contributed by atoms with E-state index in [9.17, 15) is 9.18 Å². The van der Waals surface area contributed by atoms with Crippen LogP contribution in [0, 0.1) is 12.7 Å². The number of carbonyl (C=O) groups is 1. The molecule has 0 fully saturated rings. The molecule has 0 unspecified atom stereocenters. The highest BCUT2D eigenvalue weighted by Gasteiger charge is 2.14. The second kappa shape index (κ2) is 5.17. The first-order valence-electron chi connectivity index (χ1n) is 6.88. The van der Waals surface area contributed by atoms with Gasteiger partial charge in [0.2, 0.25) is 0 Å². The monoisotopic (exact) mass is 281 g/mol. The standard InChI is InChI=1S/C18H16FNO/c1-12-3-8-15-16(11-20(2)17(15)9-12)18(21)10-13-4-6-14(19)7-5-13/h3-9,11H,10H2,1-2H3. The fourth-order valence-corrected chi connectivity index (χ4v) is 2.60. The Kier molecular flexibility index (Phi) is 3.34. The van der Waals surface area contributed by atoms with Gasteiger partial charge in [0.25, 0.3) is 0 Å². The summed E-state index contributed by atoms with van der Waals surface area (Å²) in [7, 11) is 1.94. The third-order valence-corrected chi connectivity index (χ3v) is 3.72. The first-order valence-corrected chi connectivity index (χ1v) is 6.88. The maximum absolute atomic E-state index is 12.9. The largest absolute Gasteiger partial charge is 0.350 e. The lowest BCUT2D eigenvalue weighted by Crippen LogP contribution is -2.03. The SMILES string of the molecule is Cc1ccc2c(C(=O)Cc3ccc(F)cc3)cn(C)c2c1. The molecule has 0 aliphatic rings. The van der Waals surface area contributed by atoms with E-state index in [-0.39, 0.29) is 18.0 Å². The minimum atomic E-state index is -0.285. The van der Waals surface area contributed by atoms with Crippen LogP contribution in [0.2, 0.25) is 0 Å². The molecular formula is C18H16FNO. The molecule has 0 saturated heterocycles. The Morgan fingerprint density at radius 1 is 1.14 bits per heavy atom. The minimum Gasteiger partial charge on any atom is -0.350 e. The van der Waals surface area contributed by atoms with Crippen molar-refractivity contribution in [2.75, 3.05) is 0 Å². The molecule has 0 aliphatic heterocycles. The predicted octanol–water partition coefficient (Wildman–Crippen LogP) is 4.05. The molecule has 0 N–H and O–H groups in total. The summed E-state index contributed by atoms with van der Waals surface area (Å²) in [4.78, 5) is 12.5. The van der Waals surface area contributed by atoms with E-state index < -0.39 is 0 Å². The zero-order valence-electron chi connectivity index (χ0n) is 12.1. The van der Waals surface area contributed by atoms with E-state index in [0.717, 1.165) is 22.0 Å². The molecule has 0 amide bonds. The van der Waals surface area contributed by atoms with Gasteiger partial charge in [-0.25, -0.2) is 4.39 Å². The lowest BCUT2D eigenvalue weighted by Gasteiger charge is -2.01. The van der Waals surface area contributed by atoms with E-state index in [2.05, 4.69) is 6.07 Å². The van der Waals surface area contributed by atoms with Crippen LogP contribution in [-0.4, -0.2) is 10.4 Å². The van der Waals surface area contributed by atoms with Gasteiger partial charge in [-0.3, -0.25) is 4.79 Å². The van der Waals surface area contributed by atoms with Crippen LogP contribution in [0.4, 0.5) is 4.39 Å². The summed E-state index contributed by atoms with van der Waals surface area (Å²) in [6.45, 7) is 2.03. The average Bonchev–Trinajstić information content (AvgIpc) is 2.78. The third kappa shape index (κ3) is 2.59. The molecule has 0 saturated carbocycles. The Hall–Kier alpha value is -2.42. The van der Waals surface area contributed by atoms with Crippen molar-refractivity contribution >= 4 is 16.7 Å². The van der Waals surface area contributed by atoms with Crippen LogP contribution < -0.4 is 0 Å². The fraction of sp³-hybridized carbons (Fsp3) is 0.167. The van der Waals surface area contributed by atoms with E-state index in [4.69, 9.17) is 0 Å². The van der Waals surface area contributed by atoms with Gasteiger partial charge in [-0.1, -0.05) is 24.3 Å². The van der Waals surface area contributed by atoms with Gasteiger partial charge in [0, 0.05) is 36.1 Å². The third-order valence-electron chi connectivity index (χ3n) is 3.72. The summed E-state index contributed by atoms with van der Waals surface area (Å²) < 4.78 is 14.9. The number of Topliss-reactive ketones (excluding diaryl/α,β-unsaturated/α-hetero) is 1. The van der Waals surface area contributed by atoms with Crippen LogP contribution in [-0.2, 0) is 13.5 Å². The fourth-order valence-electron chi connectivity index (χ4n) is 2.60. The van der Waals surface area contributed by atoms with Gasteiger partial charge < -0.3 is 4.57 Å². The average molecular weight is 281 g/mol. The molecule has 3 heteroatoms. The summed E-state index contributed by atoms with van der Waals surface area (Å²) in [5, 5.41) is 0.968. The van der Waals surface area contributed by atoms with Crippen LogP contribution in [0.15, 0.2) is 48.7 Å². The molecule has 0 bridgehead atoms. The summed E-state index contributed by atoms with van der Waals surface area (Å²) in [6, 6.07) is 12.2. The Morgan fingerprint density at radius 3 is 2.57 bits per heavy atom. The Balaban J connectivity index is 1.96. The van der Waals surface area contributed by atoms with Crippen molar-refractivity contribution in [3.05, 3.63) is 71.2 Å². The van der Waals surface area contributed by atoms with E-state index in [1.165, 1.54) is 17.7 Å². The zero-order valence-corrected chi connectivity index (χ0v) is 12.1. The molecule has 21 heavy (non-hydrogen) atoms. The number of aromatic nitrogens is 1. The van der Waals surface area contributed by atoms with Crippen LogP contribution in [0.25, 0.3) is 10.9 Å². The molecule has 1 aromatic heterocycles. The van der Waals surface area contributed by atoms with E-state index >= 15 is 0 Å². The van der Waals surface area contributed by atoms with E-state index in [1.807, 2.05) is 36.9 Å². The smallest absolute Gasteiger partial charge is 0.169 e. The number of aryl methyl sites for hydroxylation is 2. The van der Waals surface area contributed by atoms with Crippen molar-refractivity contribution in [3.8, 4) is 0 Å². The molecule has 0 aliphatic carbocycles. The molecule has 1 heterocycles. The number of carbonyl (C=O) groups excluding carboxylic acids is 1. The number of ketones is 1. The summed E-state index contributed by atoms with van der Waals surface area (Å²) in [5.74, 6) is -0.233. The summed E-state index contributed by atoms with van der Waals surface area (Å²) in [5.41, 5.74) is 3.76. The maximum Gasteiger partial charge on any atom is 0.169 e. The van der Waals surface area contributed by atoms with Gasteiger partial charge in [0.1, 0.15) is 5.82 Å². The molecule has 3 aromatic rings. The second-order valence-electron chi connectivity index (χ2n) is 5.40. The topological polar surface area (TPSA) is 22.0 Å². The second-order valence-corrected chi connectivity index (χ2v) is 5.40. The molecule has 2 aromatic carbocycles. The Labute approximate surface area is 122 Å². The van der Waals surface area contributed by atoms with Gasteiger partial charge >= 0.3 is 0 Å². The van der Waals surface area contributed by atoms with Gasteiger partial charge in [-0.05, 0) is 36.2 Å². The number of hydrogen-bond acceptors (Lipinski definition) is 1. The van der Waals surface area contributed by atoms with Crippen LogP contribution in [0.3, 0.4) is 0 Å². The summed E-state index contributed by atoms with van der Waals surface area (Å²) >= 11 is 0. The van der Waals surface area contributed by atoms with Crippen molar-refractivity contribution in [3.63, 3.8) is 0 Å². The highest BCUT2D eigenvalue weighted by atomic mass is 19.1. The predicted molar refractivity (Wildman–Crippen MR) is 82.1 cm³/mol. The molecule has 0 radical (unpaired) electrons. The number of benzene rings is 2. The lowest BCUT2D eigenvalue weighted by molar-refractivity contribution is 0.0994. The summed E-state index contributed by atoms with van der Waals surface area (Å²) in [6.07, 6.45) is 2.16. The van der Waals surface area contributed by atoms with Gasteiger partial charge in [0.05, 0.1) is 0 Å². The number of halogens is 1. The van der Waals surface area contributed by atoms with Crippen molar-refractivity contribution in [1.29, 1.82) is 0 Å². The molecule has 0 atom stereocenters. The van der Waals surface area contributed by atoms with Crippen LogP contribution in [0.1, 0.15) is 21.5 Å². The molecule has 0 spiro atoms. The highest BCUT2D eigenvalue weighted by molar-refractivity contribution is 6.08. The van der Waals surface area contributed by atoms with Gasteiger partial charge in [0.15, 0.2) is 5.78 Å². The molecule has 106 valence electrons. The zero-order chi connectivity index (χ0) is 15.0. The van der Waals surface area contributed by atoms with E-state index in [0.29, 0.717) is 0 Å². The van der Waals surface area contributed by atoms with Crippen molar-refractivity contribution in [2.24, 2.45) is 7.05 Å². The van der Waals surface area contributed by atoms with Crippen molar-refractivity contribution in [2.45, 2.75) is 13.3 Å². The highest BCUT2D eigenvalue weighted by Crippen LogP contribution is 2.23. The number of nitrogens with zero attached hydrogens (tertiary/aromatic N) is 1. The number of hydrogen-bond donors (Lipinski definition) is 0. The minimum absolute atomic E-state index is 0.0519. The number of fused-ring (bicyclic) bond motifs is 1. The van der Waals surface area contributed by atoms with Crippen LogP contribution >= 0.6 is 0 Å². The van der Waals surface area contributed by atoms with E-state index in [1.54, 1.807) is 12.1 Å². The van der Waals surface area contributed by atoms with Crippen molar-refractivity contribution in [1.82, 2.24) is 4.57 Å².